The van der Waals surface area contributed by atoms with Gasteiger partial charge < -0.3 is 10.4 Å². The number of hydrogen-bond donors (Lipinski definition) is 2. The molecule has 0 saturated carbocycles. The van der Waals surface area contributed by atoms with Gasteiger partial charge in [-0.05, 0) is 25.5 Å². The van der Waals surface area contributed by atoms with Crippen molar-refractivity contribution >= 4 is 23.6 Å². The molecule has 0 spiro atoms. The molecule has 0 fully saturated rings. The average molecular weight is 293 g/mol. The maximum absolute atomic E-state index is 11.3. The quantitative estimate of drug-likeness (QED) is 0.758. The molecular weight excluding hydrogens is 274 g/mol. The highest BCUT2D eigenvalue weighted by Crippen LogP contribution is 2.31. The van der Waals surface area contributed by atoms with Crippen molar-refractivity contribution in [3.8, 4) is 0 Å². The molecule has 2 N–H and O–H groups in total. The number of carbonyl (C=O) groups is 2. The molecule has 1 rings (SSSR count). The van der Waals surface area contributed by atoms with E-state index < -0.39 is 22.7 Å². The molecule has 0 bridgehead atoms. The summed E-state index contributed by atoms with van der Waals surface area (Å²) < 4.78 is -0.639. The highest BCUT2D eigenvalue weighted by molar-refractivity contribution is 7.99. The number of rotatable bonds is 7. The fourth-order valence-corrected chi connectivity index (χ4v) is 2.72. The monoisotopic (exact) mass is 293 g/mol. The molecule has 1 aromatic carbocycles. The number of aliphatic carboxylic acids is 1. The fourth-order valence-electron chi connectivity index (χ4n) is 1.66. The van der Waals surface area contributed by atoms with Gasteiger partial charge in [-0.1, -0.05) is 36.9 Å². The number of nitrogens with one attached hydrogen (secondary N) is 1. The summed E-state index contributed by atoms with van der Waals surface area (Å²) in [5, 5.41) is 11.8. The lowest BCUT2D eigenvalue weighted by atomic mass is 10.0. The number of carboxylic acid groups (broad SMARTS) is 1. The standard InChI is InChI=1S/C15H19NO3S/c1-4-12(17)16-13(14(18)19)15(2,3)20-10-11-8-6-5-7-9-11/h4-9,13H,1,10H2,2-3H3,(H,16,17)(H,18,19)/t13-/m1/s1. The van der Waals surface area contributed by atoms with Gasteiger partial charge in [-0.25, -0.2) is 4.79 Å². The Labute approximate surface area is 123 Å². The Bertz CT molecular complexity index is 485. The number of benzene rings is 1. The lowest BCUT2D eigenvalue weighted by molar-refractivity contribution is -0.141. The SMILES string of the molecule is C=CC(=O)N[C@H](C(=O)O)C(C)(C)SCc1ccccc1. The van der Waals surface area contributed by atoms with Crippen molar-refractivity contribution in [2.75, 3.05) is 0 Å². The summed E-state index contributed by atoms with van der Waals surface area (Å²) in [6, 6.07) is 8.82. The minimum atomic E-state index is -1.05. The summed E-state index contributed by atoms with van der Waals surface area (Å²) in [5.41, 5.74) is 1.12. The Hall–Kier alpha value is -1.75. The van der Waals surface area contributed by atoms with Crippen LogP contribution in [-0.2, 0) is 15.3 Å². The van der Waals surface area contributed by atoms with E-state index in [0.717, 1.165) is 11.6 Å². The topological polar surface area (TPSA) is 66.4 Å². The average Bonchev–Trinajstić information content (AvgIpc) is 2.43. The molecule has 0 radical (unpaired) electrons. The Morgan fingerprint density at radius 3 is 2.50 bits per heavy atom. The smallest absolute Gasteiger partial charge is 0.327 e. The molecule has 0 saturated heterocycles. The normalized spacial score (nSPS) is 12.5. The van der Waals surface area contributed by atoms with Crippen LogP contribution in [0, 0.1) is 0 Å². The van der Waals surface area contributed by atoms with Crippen LogP contribution in [-0.4, -0.2) is 27.8 Å². The lowest BCUT2D eigenvalue weighted by Crippen LogP contribution is -2.52. The van der Waals surface area contributed by atoms with Gasteiger partial charge in [0.25, 0.3) is 0 Å². The number of thioether (sulfide) groups is 1. The van der Waals surface area contributed by atoms with Crippen LogP contribution in [0.2, 0.25) is 0 Å². The van der Waals surface area contributed by atoms with Crippen molar-refractivity contribution in [2.24, 2.45) is 0 Å². The first kappa shape index (κ1) is 16.3. The van der Waals surface area contributed by atoms with Crippen LogP contribution in [0.15, 0.2) is 43.0 Å². The summed E-state index contributed by atoms with van der Waals surface area (Å²) in [6.45, 7) is 6.95. The van der Waals surface area contributed by atoms with E-state index in [1.807, 2.05) is 44.2 Å². The van der Waals surface area contributed by atoms with Crippen LogP contribution < -0.4 is 5.32 Å². The van der Waals surface area contributed by atoms with Gasteiger partial charge in [-0.15, -0.1) is 11.8 Å². The predicted molar refractivity (Wildman–Crippen MR) is 81.6 cm³/mol. The lowest BCUT2D eigenvalue weighted by Gasteiger charge is -2.31. The van der Waals surface area contributed by atoms with E-state index >= 15 is 0 Å². The number of amides is 1. The Kier molecular flexibility index (Phi) is 5.82. The van der Waals surface area contributed by atoms with Crippen LogP contribution in [0.4, 0.5) is 0 Å². The molecule has 5 heteroatoms. The second-order valence-corrected chi connectivity index (χ2v) is 6.49. The zero-order valence-electron chi connectivity index (χ0n) is 11.6. The van der Waals surface area contributed by atoms with E-state index in [1.54, 1.807) is 0 Å². The first-order valence-electron chi connectivity index (χ1n) is 6.20. The minimum absolute atomic E-state index is 0.481. The summed E-state index contributed by atoms with van der Waals surface area (Å²) in [4.78, 5) is 22.7. The van der Waals surface area contributed by atoms with Crippen molar-refractivity contribution in [1.82, 2.24) is 5.32 Å². The molecule has 0 unspecified atom stereocenters. The highest BCUT2D eigenvalue weighted by Gasteiger charge is 2.36. The molecule has 0 aliphatic rings. The molecule has 0 aromatic heterocycles. The number of hydrogen-bond acceptors (Lipinski definition) is 3. The van der Waals surface area contributed by atoms with E-state index in [-0.39, 0.29) is 0 Å². The molecule has 0 aliphatic heterocycles. The second-order valence-electron chi connectivity index (χ2n) is 4.86. The van der Waals surface area contributed by atoms with Crippen molar-refractivity contribution in [3.63, 3.8) is 0 Å². The molecule has 1 aromatic rings. The summed E-state index contributed by atoms with van der Waals surface area (Å²) in [5.74, 6) is -0.849. The maximum Gasteiger partial charge on any atom is 0.327 e. The Morgan fingerprint density at radius 2 is 2.00 bits per heavy atom. The maximum atomic E-state index is 11.3. The highest BCUT2D eigenvalue weighted by atomic mass is 32.2. The van der Waals surface area contributed by atoms with Gasteiger partial charge in [-0.3, -0.25) is 4.79 Å². The number of carbonyl (C=O) groups excluding carboxylic acids is 1. The van der Waals surface area contributed by atoms with Crippen LogP contribution in [0.5, 0.6) is 0 Å². The first-order valence-corrected chi connectivity index (χ1v) is 7.19. The molecular formula is C15H19NO3S. The summed E-state index contributed by atoms with van der Waals surface area (Å²) >= 11 is 1.49. The van der Waals surface area contributed by atoms with Crippen LogP contribution >= 0.6 is 11.8 Å². The van der Waals surface area contributed by atoms with E-state index in [9.17, 15) is 14.7 Å². The van der Waals surface area contributed by atoms with E-state index in [2.05, 4.69) is 11.9 Å². The third kappa shape index (κ3) is 4.74. The first-order chi connectivity index (χ1) is 9.36. The molecule has 20 heavy (non-hydrogen) atoms. The second kappa shape index (κ2) is 7.14. The largest absolute Gasteiger partial charge is 0.480 e. The molecule has 1 amide bonds. The third-order valence-electron chi connectivity index (χ3n) is 2.87. The zero-order chi connectivity index (χ0) is 15.2. The van der Waals surface area contributed by atoms with Crippen LogP contribution in [0.1, 0.15) is 19.4 Å². The summed E-state index contributed by atoms with van der Waals surface area (Å²) in [6.07, 6.45) is 1.08. The van der Waals surface area contributed by atoms with Crippen molar-refractivity contribution in [2.45, 2.75) is 30.4 Å². The number of carboxylic acids is 1. The third-order valence-corrected chi connectivity index (χ3v) is 4.33. The van der Waals surface area contributed by atoms with Crippen molar-refractivity contribution in [1.29, 1.82) is 0 Å². The van der Waals surface area contributed by atoms with Crippen molar-refractivity contribution in [3.05, 3.63) is 48.6 Å². The molecule has 1 atom stereocenters. The molecule has 108 valence electrons. The Morgan fingerprint density at radius 1 is 1.40 bits per heavy atom. The van der Waals surface area contributed by atoms with Gasteiger partial charge in [0.2, 0.25) is 5.91 Å². The Balaban J connectivity index is 2.74. The van der Waals surface area contributed by atoms with Gasteiger partial charge in [-0.2, -0.15) is 0 Å². The predicted octanol–water partition coefficient (Wildman–Crippen LogP) is 2.45. The molecule has 4 nitrogen and oxygen atoms in total. The van der Waals surface area contributed by atoms with Crippen LogP contribution in [0.3, 0.4) is 0 Å². The van der Waals surface area contributed by atoms with Gasteiger partial charge in [0.1, 0.15) is 6.04 Å². The van der Waals surface area contributed by atoms with Gasteiger partial charge in [0, 0.05) is 10.5 Å². The van der Waals surface area contributed by atoms with Gasteiger partial charge in [0.05, 0.1) is 0 Å². The van der Waals surface area contributed by atoms with Gasteiger partial charge >= 0.3 is 5.97 Å². The van der Waals surface area contributed by atoms with E-state index in [0.29, 0.717) is 5.75 Å². The summed E-state index contributed by atoms with van der Waals surface area (Å²) in [7, 11) is 0. The van der Waals surface area contributed by atoms with Crippen molar-refractivity contribution < 1.29 is 14.7 Å². The molecule has 0 aliphatic carbocycles. The van der Waals surface area contributed by atoms with E-state index in [4.69, 9.17) is 0 Å². The van der Waals surface area contributed by atoms with Gasteiger partial charge in [0.15, 0.2) is 0 Å². The van der Waals surface area contributed by atoms with Crippen LogP contribution in [0.25, 0.3) is 0 Å². The van der Waals surface area contributed by atoms with E-state index in [1.165, 1.54) is 11.8 Å². The fraction of sp³-hybridized carbons (Fsp3) is 0.333. The zero-order valence-corrected chi connectivity index (χ0v) is 12.4. The molecule has 0 heterocycles. The minimum Gasteiger partial charge on any atom is -0.480 e.